The van der Waals surface area contributed by atoms with E-state index in [9.17, 15) is 25.1 Å². The lowest BCUT2D eigenvalue weighted by atomic mass is 10.0. The molecule has 0 saturated heterocycles. The summed E-state index contributed by atoms with van der Waals surface area (Å²) in [6.07, 6.45) is -3.75. The normalized spacial score (nSPS) is 13.6. The van der Waals surface area contributed by atoms with Crippen LogP contribution in [0.25, 0.3) is 0 Å². The summed E-state index contributed by atoms with van der Waals surface area (Å²) < 4.78 is 4.63. The molecule has 0 saturated carbocycles. The summed E-state index contributed by atoms with van der Waals surface area (Å²) in [4.78, 5) is 21.4. The summed E-state index contributed by atoms with van der Waals surface area (Å²) in [7, 11) is 0. The molecule has 0 aliphatic heterocycles. The summed E-state index contributed by atoms with van der Waals surface area (Å²) >= 11 is 11.4. The number of benzene rings is 1. The fourth-order valence-corrected chi connectivity index (χ4v) is 1.99. The maximum absolute atomic E-state index is 11.3. The van der Waals surface area contributed by atoms with E-state index in [4.69, 9.17) is 23.2 Å². The number of esters is 1. The molecule has 1 aromatic rings. The minimum atomic E-state index is -1.68. The van der Waals surface area contributed by atoms with Crippen molar-refractivity contribution < 1.29 is 24.7 Å². The Labute approximate surface area is 130 Å². The predicted octanol–water partition coefficient (Wildman–Crippen LogP) is 2.25. The molecule has 2 atom stereocenters. The molecule has 116 valence electrons. The Kier molecular flexibility index (Phi) is 6.35. The molecule has 0 bridgehead atoms. The predicted molar refractivity (Wildman–Crippen MR) is 75.3 cm³/mol. The summed E-state index contributed by atoms with van der Waals surface area (Å²) in [5, 5.41) is 30.7. The number of carbonyl (C=O) groups excluding carboxylic acids is 1. The summed E-state index contributed by atoms with van der Waals surface area (Å²) in [5.74, 6) is -0.730. The van der Waals surface area contributed by atoms with Gasteiger partial charge in [0, 0.05) is 6.07 Å². The number of hydrogen-bond acceptors (Lipinski definition) is 6. The fraction of sp³-hybridized carbons (Fsp3) is 0.417. The van der Waals surface area contributed by atoms with Crippen molar-refractivity contribution >= 4 is 34.9 Å². The van der Waals surface area contributed by atoms with E-state index in [0.29, 0.717) is 0 Å². The SMILES string of the molecule is CCOC(=O)CC(O)C(O)c1cc(Cl)c(Cl)cc1[N+](=O)[O-]. The number of ether oxygens (including phenoxy) is 1. The number of aliphatic hydroxyl groups is 2. The van der Waals surface area contributed by atoms with Crippen molar-refractivity contribution in [1.29, 1.82) is 0 Å². The second-order valence-corrected chi connectivity index (χ2v) is 4.92. The van der Waals surface area contributed by atoms with Gasteiger partial charge in [-0.25, -0.2) is 0 Å². The molecule has 0 aliphatic carbocycles. The van der Waals surface area contributed by atoms with Crippen LogP contribution in [0.1, 0.15) is 25.0 Å². The zero-order valence-corrected chi connectivity index (χ0v) is 12.5. The van der Waals surface area contributed by atoms with Crippen LogP contribution in [0.5, 0.6) is 0 Å². The van der Waals surface area contributed by atoms with Crippen LogP contribution < -0.4 is 0 Å². The zero-order chi connectivity index (χ0) is 16.2. The average Bonchev–Trinajstić information content (AvgIpc) is 2.40. The van der Waals surface area contributed by atoms with Gasteiger partial charge in [-0.3, -0.25) is 14.9 Å². The quantitative estimate of drug-likeness (QED) is 0.468. The van der Waals surface area contributed by atoms with Crippen LogP contribution in [0, 0.1) is 10.1 Å². The van der Waals surface area contributed by atoms with Crippen molar-refractivity contribution in [2.75, 3.05) is 6.61 Å². The maximum Gasteiger partial charge on any atom is 0.308 e. The number of carbonyl (C=O) groups is 1. The zero-order valence-electron chi connectivity index (χ0n) is 11.0. The molecule has 7 nitrogen and oxygen atoms in total. The van der Waals surface area contributed by atoms with E-state index < -0.39 is 35.2 Å². The van der Waals surface area contributed by atoms with E-state index >= 15 is 0 Å². The van der Waals surface area contributed by atoms with Crippen molar-refractivity contribution in [2.24, 2.45) is 0 Å². The van der Waals surface area contributed by atoms with Crippen LogP contribution in [-0.4, -0.2) is 33.8 Å². The highest BCUT2D eigenvalue weighted by molar-refractivity contribution is 6.42. The van der Waals surface area contributed by atoms with Gasteiger partial charge >= 0.3 is 5.97 Å². The topological polar surface area (TPSA) is 110 Å². The Bertz CT molecular complexity index is 551. The van der Waals surface area contributed by atoms with Gasteiger partial charge in [-0.05, 0) is 13.0 Å². The third-order valence-electron chi connectivity index (χ3n) is 2.63. The van der Waals surface area contributed by atoms with Gasteiger partial charge in [-0.15, -0.1) is 0 Å². The van der Waals surface area contributed by atoms with Crippen LogP contribution in [0.15, 0.2) is 12.1 Å². The van der Waals surface area contributed by atoms with Crippen LogP contribution >= 0.6 is 23.2 Å². The first-order valence-corrected chi connectivity index (χ1v) is 6.68. The Morgan fingerprint density at radius 3 is 2.48 bits per heavy atom. The third-order valence-corrected chi connectivity index (χ3v) is 3.35. The molecule has 2 N–H and O–H groups in total. The lowest BCUT2D eigenvalue weighted by molar-refractivity contribution is -0.386. The van der Waals surface area contributed by atoms with Gasteiger partial charge in [0.25, 0.3) is 5.69 Å². The summed E-state index contributed by atoms with van der Waals surface area (Å²) in [5.41, 5.74) is -0.731. The van der Waals surface area contributed by atoms with Gasteiger partial charge in [0.2, 0.25) is 0 Å². The molecule has 0 fully saturated rings. The van der Waals surface area contributed by atoms with Crippen molar-refractivity contribution in [2.45, 2.75) is 25.6 Å². The molecule has 21 heavy (non-hydrogen) atoms. The number of nitrogens with zero attached hydrogens (tertiary/aromatic N) is 1. The van der Waals surface area contributed by atoms with Crippen LogP contribution in [0.3, 0.4) is 0 Å². The van der Waals surface area contributed by atoms with Gasteiger partial charge in [0.05, 0.1) is 39.7 Å². The third kappa shape index (κ3) is 4.53. The van der Waals surface area contributed by atoms with Gasteiger partial charge in [0.1, 0.15) is 6.10 Å². The molecular formula is C12H13Cl2NO6. The van der Waals surface area contributed by atoms with Crippen molar-refractivity contribution in [3.63, 3.8) is 0 Å². The van der Waals surface area contributed by atoms with Gasteiger partial charge in [-0.2, -0.15) is 0 Å². The monoisotopic (exact) mass is 337 g/mol. The highest BCUT2D eigenvalue weighted by atomic mass is 35.5. The van der Waals surface area contributed by atoms with Crippen LogP contribution in [0.4, 0.5) is 5.69 Å². The lowest BCUT2D eigenvalue weighted by Crippen LogP contribution is -2.23. The number of nitro groups is 1. The number of rotatable bonds is 6. The first-order chi connectivity index (χ1) is 9.77. The van der Waals surface area contributed by atoms with Gasteiger partial charge in [-0.1, -0.05) is 23.2 Å². The largest absolute Gasteiger partial charge is 0.466 e. The molecule has 0 radical (unpaired) electrons. The van der Waals surface area contributed by atoms with E-state index in [1.165, 1.54) is 0 Å². The first-order valence-electron chi connectivity index (χ1n) is 5.93. The van der Waals surface area contributed by atoms with E-state index in [1.54, 1.807) is 6.92 Å². The average molecular weight is 338 g/mol. The highest BCUT2D eigenvalue weighted by Gasteiger charge is 2.29. The smallest absolute Gasteiger partial charge is 0.308 e. The van der Waals surface area contributed by atoms with E-state index in [0.717, 1.165) is 12.1 Å². The molecule has 0 spiro atoms. The Morgan fingerprint density at radius 1 is 1.38 bits per heavy atom. The molecule has 2 unspecified atom stereocenters. The second-order valence-electron chi connectivity index (χ2n) is 4.10. The molecule has 1 aromatic carbocycles. The van der Waals surface area contributed by atoms with E-state index in [1.807, 2.05) is 0 Å². The summed E-state index contributed by atoms with van der Waals surface area (Å²) in [6, 6.07) is 2.06. The maximum atomic E-state index is 11.3. The molecule has 1 rings (SSSR count). The van der Waals surface area contributed by atoms with E-state index in [-0.39, 0.29) is 22.2 Å². The Balaban J connectivity index is 3.05. The van der Waals surface area contributed by atoms with Crippen molar-refractivity contribution in [1.82, 2.24) is 0 Å². The molecule has 0 aliphatic rings. The van der Waals surface area contributed by atoms with Crippen molar-refractivity contribution in [3.05, 3.63) is 37.9 Å². The Morgan fingerprint density at radius 2 is 1.95 bits per heavy atom. The molecule has 0 heterocycles. The number of hydrogen-bond donors (Lipinski definition) is 2. The minimum absolute atomic E-state index is 0.0142. The molecular weight excluding hydrogens is 325 g/mol. The molecule has 0 aromatic heterocycles. The molecule has 0 amide bonds. The van der Waals surface area contributed by atoms with Gasteiger partial charge < -0.3 is 14.9 Å². The number of halogens is 2. The second kappa shape index (κ2) is 7.56. The van der Waals surface area contributed by atoms with Crippen molar-refractivity contribution in [3.8, 4) is 0 Å². The Hall–Kier alpha value is -1.41. The summed E-state index contributed by atoms with van der Waals surface area (Å²) in [6.45, 7) is 1.71. The standard InChI is InChI=1S/C12H13Cl2NO6/c1-2-21-11(17)5-10(16)12(18)6-3-7(13)8(14)4-9(6)15(19)20/h3-4,10,12,16,18H,2,5H2,1H3. The number of aliphatic hydroxyl groups excluding tert-OH is 2. The highest BCUT2D eigenvalue weighted by Crippen LogP contribution is 2.35. The van der Waals surface area contributed by atoms with E-state index in [2.05, 4.69) is 4.74 Å². The van der Waals surface area contributed by atoms with Gasteiger partial charge in [0.15, 0.2) is 0 Å². The first kappa shape index (κ1) is 17.6. The van der Waals surface area contributed by atoms with Crippen LogP contribution in [-0.2, 0) is 9.53 Å². The minimum Gasteiger partial charge on any atom is -0.466 e. The lowest BCUT2D eigenvalue weighted by Gasteiger charge is -2.18. The molecule has 9 heteroatoms. The fourth-order valence-electron chi connectivity index (χ4n) is 1.66. The number of nitro benzene ring substituents is 1. The van der Waals surface area contributed by atoms with Crippen LogP contribution in [0.2, 0.25) is 10.0 Å².